The predicted octanol–water partition coefficient (Wildman–Crippen LogP) is 7.91. The molecular weight excluding hydrogens is 561 g/mol. The van der Waals surface area contributed by atoms with Crippen LogP contribution in [0.4, 0.5) is 22.0 Å². The fourth-order valence-corrected chi connectivity index (χ4v) is 6.67. The van der Waals surface area contributed by atoms with E-state index in [1.807, 2.05) is 30.1 Å². The normalized spacial score (nSPS) is 14.8. The van der Waals surface area contributed by atoms with Gasteiger partial charge in [-0.3, -0.25) is 0 Å². The summed E-state index contributed by atoms with van der Waals surface area (Å²) in [5.74, 6) is -6.31. The summed E-state index contributed by atoms with van der Waals surface area (Å²) in [7, 11) is -2.14. The lowest BCUT2D eigenvalue weighted by Crippen LogP contribution is -2.38. The van der Waals surface area contributed by atoms with Gasteiger partial charge in [0, 0.05) is 6.42 Å². The van der Waals surface area contributed by atoms with E-state index in [1.165, 1.54) is 27.8 Å². The molecule has 0 saturated heterocycles. The lowest BCUT2D eigenvalue weighted by atomic mass is 9.89. The number of halogens is 5. The molecule has 41 heavy (non-hydrogen) atoms. The number of aromatic hydroxyl groups is 1. The molecule has 228 valence electrons. The van der Waals surface area contributed by atoms with E-state index in [2.05, 4.69) is 24.3 Å². The lowest BCUT2D eigenvalue weighted by molar-refractivity contribution is -0.282. The Hall–Kier alpha value is -2.46. The van der Waals surface area contributed by atoms with Crippen molar-refractivity contribution >= 4 is 21.0 Å². The minimum atomic E-state index is -5.74. The Morgan fingerprint density at radius 1 is 0.854 bits per heavy atom. The number of benzene rings is 2. The molecule has 0 radical (unpaired) electrons. The number of sulfone groups is 1. The summed E-state index contributed by atoms with van der Waals surface area (Å²) in [5.41, 5.74) is 6.35. The molecule has 0 amide bonds. The fraction of sp³-hybridized carbons (Fsp3) is 0.548. The van der Waals surface area contributed by atoms with Crippen molar-refractivity contribution in [1.29, 1.82) is 0 Å². The Morgan fingerprint density at radius 3 is 2.24 bits per heavy atom. The summed E-state index contributed by atoms with van der Waals surface area (Å²) in [6.45, 7) is 1.16. The van der Waals surface area contributed by atoms with Crippen LogP contribution in [0.2, 0.25) is 0 Å². The molecule has 0 heterocycles. The number of rotatable bonds is 15. The predicted molar refractivity (Wildman–Crippen MR) is 154 cm³/mol. The van der Waals surface area contributed by atoms with Crippen molar-refractivity contribution in [3.05, 3.63) is 65.2 Å². The first-order valence-corrected chi connectivity index (χ1v) is 16.0. The molecule has 1 N–H and O–H groups in total. The number of aryl methyl sites for hydroxylation is 1. The van der Waals surface area contributed by atoms with Crippen LogP contribution < -0.4 is 0 Å². The molecule has 3 rings (SSSR count). The summed E-state index contributed by atoms with van der Waals surface area (Å²) in [6, 6.07) is 16.1. The van der Waals surface area contributed by atoms with Crippen molar-refractivity contribution in [2.45, 2.75) is 76.3 Å². The highest BCUT2D eigenvalue weighted by Crippen LogP contribution is 2.40. The van der Waals surface area contributed by atoms with Gasteiger partial charge in [-0.05, 0) is 105 Å². The molecule has 0 atom stereocenters. The largest absolute Gasteiger partial charge is 0.508 e. The van der Waals surface area contributed by atoms with E-state index in [9.17, 15) is 35.5 Å². The van der Waals surface area contributed by atoms with Gasteiger partial charge >= 0.3 is 12.1 Å². The SMILES string of the molecule is CN(CCCCCCC1=C(c2ccccc2)CCCc2cc(O)ccc21)CCCS(=O)(=O)CCC(F)(F)C(F)(F)F. The molecule has 0 unspecified atom stereocenters. The number of hydrogen-bond donors (Lipinski definition) is 1. The zero-order valence-corrected chi connectivity index (χ0v) is 24.3. The molecule has 1 aliphatic carbocycles. The van der Waals surface area contributed by atoms with Crippen LogP contribution in [0.1, 0.15) is 74.5 Å². The van der Waals surface area contributed by atoms with E-state index in [4.69, 9.17) is 0 Å². The maximum atomic E-state index is 13.0. The van der Waals surface area contributed by atoms with Crippen LogP contribution in [0, 0.1) is 0 Å². The Kier molecular flexibility index (Phi) is 11.8. The standard InChI is InChI=1S/C31H40F5NO3S/c1-37(20-10-21-41(39,40)22-18-30(32,33)31(34,35)36)19-8-3-2-7-14-29-27(24-11-5-4-6-12-24)15-9-13-25-23-26(38)16-17-28(25)29/h4-6,11-12,16-17,23,38H,2-3,7-10,13-15,18-22H2,1H3. The molecule has 0 fully saturated rings. The first kappa shape index (κ1) is 33.0. The van der Waals surface area contributed by atoms with E-state index < -0.39 is 39.9 Å². The van der Waals surface area contributed by atoms with E-state index >= 15 is 0 Å². The number of alkyl halides is 5. The Labute approximate surface area is 240 Å². The number of unbranched alkanes of at least 4 members (excludes halogenated alkanes) is 3. The van der Waals surface area contributed by atoms with Crippen molar-refractivity contribution in [3.63, 3.8) is 0 Å². The Morgan fingerprint density at radius 2 is 1.54 bits per heavy atom. The number of nitrogens with zero attached hydrogens (tertiary/aromatic N) is 1. The number of hydrogen-bond acceptors (Lipinski definition) is 4. The van der Waals surface area contributed by atoms with Crippen molar-refractivity contribution in [1.82, 2.24) is 4.90 Å². The highest BCUT2D eigenvalue weighted by atomic mass is 32.2. The van der Waals surface area contributed by atoms with E-state index in [-0.39, 0.29) is 12.2 Å². The third-order valence-electron chi connectivity index (χ3n) is 7.63. The summed E-state index contributed by atoms with van der Waals surface area (Å²) in [6.07, 6.45) is 0.507. The van der Waals surface area contributed by atoms with Gasteiger partial charge in [-0.25, -0.2) is 8.42 Å². The minimum absolute atomic E-state index is 0.182. The van der Waals surface area contributed by atoms with Gasteiger partial charge in [0.1, 0.15) is 5.75 Å². The van der Waals surface area contributed by atoms with Gasteiger partial charge in [-0.2, -0.15) is 22.0 Å². The summed E-state index contributed by atoms with van der Waals surface area (Å²) < 4.78 is 86.8. The third-order valence-corrected chi connectivity index (χ3v) is 9.36. The van der Waals surface area contributed by atoms with E-state index in [0.717, 1.165) is 57.9 Å². The fourth-order valence-electron chi connectivity index (χ4n) is 5.32. The lowest BCUT2D eigenvalue weighted by Gasteiger charge is -2.19. The first-order valence-electron chi connectivity index (χ1n) is 14.2. The highest BCUT2D eigenvalue weighted by Gasteiger charge is 2.57. The van der Waals surface area contributed by atoms with Crippen LogP contribution in [0.15, 0.2) is 48.5 Å². The molecule has 10 heteroatoms. The third kappa shape index (κ3) is 10.1. The zero-order valence-electron chi connectivity index (χ0n) is 23.5. The summed E-state index contributed by atoms with van der Waals surface area (Å²) >= 11 is 0. The van der Waals surface area contributed by atoms with Crippen molar-refractivity contribution < 1.29 is 35.5 Å². The van der Waals surface area contributed by atoms with Crippen LogP contribution in [0.5, 0.6) is 5.75 Å². The molecule has 0 saturated carbocycles. The Balaban J connectivity index is 1.43. The monoisotopic (exact) mass is 601 g/mol. The zero-order chi connectivity index (χ0) is 30.1. The number of fused-ring (bicyclic) bond motifs is 1. The molecule has 2 aromatic carbocycles. The molecule has 0 bridgehead atoms. The summed E-state index contributed by atoms with van der Waals surface area (Å²) in [4.78, 5) is 1.96. The molecule has 0 spiro atoms. The molecule has 4 nitrogen and oxygen atoms in total. The van der Waals surface area contributed by atoms with Gasteiger partial charge in [-0.1, -0.05) is 49.2 Å². The van der Waals surface area contributed by atoms with Gasteiger partial charge in [-0.15, -0.1) is 0 Å². The van der Waals surface area contributed by atoms with Gasteiger partial charge in [0.05, 0.1) is 11.5 Å². The Bertz CT molecular complexity index is 1260. The van der Waals surface area contributed by atoms with Crippen LogP contribution >= 0.6 is 0 Å². The minimum Gasteiger partial charge on any atom is -0.508 e. The van der Waals surface area contributed by atoms with E-state index in [0.29, 0.717) is 6.54 Å². The van der Waals surface area contributed by atoms with Crippen molar-refractivity contribution in [3.8, 4) is 5.75 Å². The van der Waals surface area contributed by atoms with Gasteiger partial charge < -0.3 is 10.0 Å². The maximum absolute atomic E-state index is 13.0. The molecule has 2 aromatic rings. The first-order chi connectivity index (χ1) is 19.3. The number of phenolic OH excluding ortho intramolecular Hbond substituents is 1. The molecule has 0 aromatic heterocycles. The second-order valence-corrected chi connectivity index (χ2v) is 13.2. The number of allylic oxidation sites excluding steroid dienone is 2. The van der Waals surface area contributed by atoms with Gasteiger partial charge in [0.25, 0.3) is 0 Å². The van der Waals surface area contributed by atoms with Gasteiger partial charge in [0.2, 0.25) is 0 Å². The molecule has 0 aliphatic heterocycles. The average Bonchev–Trinajstić information content (AvgIpc) is 3.08. The van der Waals surface area contributed by atoms with E-state index in [1.54, 1.807) is 6.07 Å². The van der Waals surface area contributed by atoms with Crippen LogP contribution in [-0.4, -0.2) is 62.2 Å². The second kappa shape index (κ2) is 14.6. The van der Waals surface area contributed by atoms with Crippen LogP contribution in [0.3, 0.4) is 0 Å². The highest BCUT2D eigenvalue weighted by molar-refractivity contribution is 7.91. The second-order valence-electron chi connectivity index (χ2n) is 10.9. The summed E-state index contributed by atoms with van der Waals surface area (Å²) in [5, 5.41) is 10.0. The number of phenols is 1. The maximum Gasteiger partial charge on any atom is 0.453 e. The topological polar surface area (TPSA) is 57.6 Å². The van der Waals surface area contributed by atoms with Gasteiger partial charge in [0.15, 0.2) is 9.84 Å². The van der Waals surface area contributed by atoms with Crippen LogP contribution in [0.25, 0.3) is 11.1 Å². The smallest absolute Gasteiger partial charge is 0.453 e. The quantitative estimate of drug-likeness (QED) is 0.167. The van der Waals surface area contributed by atoms with Crippen LogP contribution in [-0.2, 0) is 16.3 Å². The van der Waals surface area contributed by atoms with Crippen molar-refractivity contribution in [2.24, 2.45) is 0 Å². The average molecular weight is 602 g/mol. The van der Waals surface area contributed by atoms with Crippen molar-refractivity contribution in [2.75, 3.05) is 31.6 Å². The molecular formula is C31H40F5NO3S. The molecule has 1 aliphatic rings.